The summed E-state index contributed by atoms with van der Waals surface area (Å²) in [5.41, 5.74) is -0.442. The Balaban J connectivity index is 1.94. The minimum Gasteiger partial charge on any atom is -0.469 e. The highest BCUT2D eigenvalue weighted by atomic mass is 16.7. The second kappa shape index (κ2) is 6.73. The molecule has 0 N–H and O–H groups in total. The number of carbonyl (C=O) groups excluding carboxylic acids is 3. The number of rotatable bonds is 2. The lowest BCUT2D eigenvalue weighted by Crippen LogP contribution is -2.40. The van der Waals surface area contributed by atoms with Crippen molar-refractivity contribution in [1.29, 1.82) is 0 Å². The molecule has 1 spiro atoms. The van der Waals surface area contributed by atoms with Crippen LogP contribution in [0.15, 0.2) is 0 Å². The summed E-state index contributed by atoms with van der Waals surface area (Å²) >= 11 is 0. The van der Waals surface area contributed by atoms with Gasteiger partial charge in [-0.15, -0.1) is 0 Å². The summed E-state index contributed by atoms with van der Waals surface area (Å²) in [5.74, 6) is -0.453. The first-order chi connectivity index (χ1) is 11.5. The van der Waals surface area contributed by atoms with E-state index in [0.29, 0.717) is 19.3 Å². The van der Waals surface area contributed by atoms with Crippen molar-refractivity contribution in [1.82, 2.24) is 0 Å². The van der Waals surface area contributed by atoms with Gasteiger partial charge in [-0.25, -0.2) is 4.79 Å². The molecule has 3 saturated carbocycles. The Bertz CT molecular complexity index is 530. The molecule has 24 heavy (non-hydrogen) atoms. The zero-order valence-corrected chi connectivity index (χ0v) is 14.4. The van der Waals surface area contributed by atoms with E-state index in [1.807, 2.05) is 0 Å². The number of fused-ring (bicyclic) bond motifs is 1. The lowest BCUT2D eigenvalue weighted by atomic mass is 9.69. The van der Waals surface area contributed by atoms with Crippen molar-refractivity contribution in [3.8, 4) is 0 Å². The van der Waals surface area contributed by atoms with E-state index in [1.54, 1.807) is 0 Å². The second-order valence-corrected chi connectivity index (χ2v) is 7.41. The van der Waals surface area contributed by atoms with Crippen molar-refractivity contribution in [3.05, 3.63) is 0 Å². The van der Waals surface area contributed by atoms with Crippen LogP contribution in [0.1, 0.15) is 51.4 Å². The third-order valence-corrected chi connectivity index (χ3v) is 6.38. The van der Waals surface area contributed by atoms with Crippen molar-refractivity contribution in [2.75, 3.05) is 14.2 Å². The summed E-state index contributed by atoms with van der Waals surface area (Å²) in [6.07, 6.45) is 5.16. The molecule has 3 aliphatic carbocycles. The number of carbonyl (C=O) groups is 3. The molecule has 3 aliphatic rings. The first-order valence-corrected chi connectivity index (χ1v) is 8.88. The molecule has 5 atom stereocenters. The van der Waals surface area contributed by atoms with Crippen molar-refractivity contribution in [2.45, 2.75) is 57.5 Å². The summed E-state index contributed by atoms with van der Waals surface area (Å²) in [4.78, 5) is 37.1. The van der Waals surface area contributed by atoms with E-state index in [1.165, 1.54) is 14.2 Å². The molecule has 0 aliphatic heterocycles. The van der Waals surface area contributed by atoms with Crippen LogP contribution in [0.4, 0.5) is 4.79 Å². The smallest absolute Gasteiger partial charge is 0.469 e. The second-order valence-electron chi connectivity index (χ2n) is 7.41. The normalized spacial score (nSPS) is 38.5. The molecule has 6 nitrogen and oxygen atoms in total. The number of hydrogen-bond acceptors (Lipinski definition) is 6. The van der Waals surface area contributed by atoms with Gasteiger partial charge in [0.05, 0.1) is 20.1 Å². The molecule has 134 valence electrons. The number of Topliss-reactive ketones (excluding diaryl/α,β-unsaturated/α-hetero) is 1. The first-order valence-electron chi connectivity index (χ1n) is 8.88. The minimum atomic E-state index is -0.714. The minimum absolute atomic E-state index is 0.0709. The fourth-order valence-electron chi connectivity index (χ4n) is 5.27. The quantitative estimate of drug-likeness (QED) is 0.720. The number of methoxy groups -OCH3 is 2. The van der Waals surface area contributed by atoms with Gasteiger partial charge >= 0.3 is 12.1 Å². The van der Waals surface area contributed by atoms with E-state index in [-0.39, 0.29) is 35.6 Å². The predicted molar refractivity (Wildman–Crippen MR) is 84.1 cm³/mol. The molecule has 0 aromatic carbocycles. The molecular weight excluding hydrogens is 312 g/mol. The number of esters is 1. The maximum Gasteiger partial charge on any atom is 0.508 e. The van der Waals surface area contributed by atoms with Crippen molar-refractivity contribution in [3.63, 3.8) is 0 Å². The van der Waals surface area contributed by atoms with Crippen molar-refractivity contribution < 1.29 is 28.6 Å². The summed E-state index contributed by atoms with van der Waals surface area (Å²) in [6, 6.07) is 0. The third kappa shape index (κ3) is 2.80. The van der Waals surface area contributed by atoms with Crippen LogP contribution in [0.5, 0.6) is 0 Å². The third-order valence-electron chi connectivity index (χ3n) is 6.38. The lowest BCUT2D eigenvalue weighted by molar-refractivity contribution is -0.147. The molecule has 3 rings (SSSR count). The Morgan fingerprint density at radius 2 is 1.83 bits per heavy atom. The molecule has 1 unspecified atom stereocenters. The fourth-order valence-corrected chi connectivity index (χ4v) is 5.27. The van der Waals surface area contributed by atoms with Gasteiger partial charge in [0.2, 0.25) is 0 Å². The van der Waals surface area contributed by atoms with Crippen LogP contribution in [-0.2, 0) is 23.8 Å². The summed E-state index contributed by atoms with van der Waals surface area (Å²) in [6.45, 7) is 0. The van der Waals surface area contributed by atoms with Gasteiger partial charge in [0, 0.05) is 17.3 Å². The standard InChI is InChI=1S/C18H26O6/c1-22-16(20)12-9-11-5-3-4-7-18(15(11)19)8-6-14(13(18)10-12)24-17(21)23-2/h11-14H,3-10H2,1-2H3/t11-,12+,13-,14+,18?/m1/s1. The average molecular weight is 338 g/mol. The number of ketones is 1. The van der Waals surface area contributed by atoms with E-state index in [4.69, 9.17) is 9.47 Å². The van der Waals surface area contributed by atoms with Crippen LogP contribution in [0.25, 0.3) is 0 Å². The summed E-state index contributed by atoms with van der Waals surface area (Å²) in [5, 5.41) is 0. The maximum atomic E-state index is 13.3. The SMILES string of the molecule is COC(=O)O[C@H]1CCC23CCCC[C@H](C[C@H](C(=O)OC)C[C@H]12)C3=O. The number of hydrogen-bond donors (Lipinski definition) is 0. The average Bonchev–Trinajstić information content (AvgIpc) is 2.78. The van der Waals surface area contributed by atoms with Gasteiger partial charge in [0.25, 0.3) is 0 Å². The van der Waals surface area contributed by atoms with Gasteiger partial charge < -0.3 is 14.2 Å². The fraction of sp³-hybridized carbons (Fsp3) is 0.833. The Morgan fingerprint density at radius 1 is 1.04 bits per heavy atom. The van der Waals surface area contributed by atoms with Gasteiger partial charge in [0.15, 0.2) is 0 Å². The van der Waals surface area contributed by atoms with Crippen LogP contribution >= 0.6 is 0 Å². The lowest BCUT2D eigenvalue weighted by Gasteiger charge is -2.34. The topological polar surface area (TPSA) is 78.9 Å². The molecule has 3 fully saturated rings. The summed E-state index contributed by atoms with van der Waals surface area (Å²) < 4.78 is 15.1. The van der Waals surface area contributed by atoms with E-state index < -0.39 is 11.6 Å². The molecule has 0 saturated heterocycles. The maximum absolute atomic E-state index is 13.3. The van der Waals surface area contributed by atoms with Gasteiger partial charge in [0.1, 0.15) is 11.9 Å². The molecule has 0 heterocycles. The zero-order chi connectivity index (χ0) is 17.3. The molecule has 0 radical (unpaired) electrons. The Labute approximate surface area is 142 Å². The Hall–Kier alpha value is -1.59. The predicted octanol–water partition coefficient (Wildman–Crippen LogP) is 2.88. The van der Waals surface area contributed by atoms with Gasteiger partial charge in [-0.1, -0.05) is 12.8 Å². The van der Waals surface area contributed by atoms with Crippen molar-refractivity contribution in [2.24, 2.45) is 23.2 Å². The van der Waals surface area contributed by atoms with Gasteiger partial charge in [-0.2, -0.15) is 0 Å². The van der Waals surface area contributed by atoms with Crippen LogP contribution in [0, 0.1) is 23.2 Å². The highest BCUT2D eigenvalue weighted by Crippen LogP contribution is 2.57. The van der Waals surface area contributed by atoms with Crippen LogP contribution < -0.4 is 0 Å². The van der Waals surface area contributed by atoms with Crippen LogP contribution in [-0.4, -0.2) is 38.2 Å². The molecule has 0 amide bonds. The van der Waals surface area contributed by atoms with Gasteiger partial charge in [-0.3, -0.25) is 9.59 Å². The molecule has 0 aromatic rings. The Kier molecular flexibility index (Phi) is 4.83. The number of ether oxygens (including phenoxy) is 3. The Morgan fingerprint density at radius 3 is 2.54 bits per heavy atom. The van der Waals surface area contributed by atoms with E-state index >= 15 is 0 Å². The van der Waals surface area contributed by atoms with E-state index in [0.717, 1.165) is 32.1 Å². The van der Waals surface area contributed by atoms with E-state index in [2.05, 4.69) is 4.74 Å². The van der Waals surface area contributed by atoms with Crippen LogP contribution in [0.3, 0.4) is 0 Å². The molecule has 0 aromatic heterocycles. The molecular formula is C18H26O6. The largest absolute Gasteiger partial charge is 0.508 e. The highest BCUT2D eigenvalue weighted by molar-refractivity contribution is 5.89. The van der Waals surface area contributed by atoms with E-state index in [9.17, 15) is 14.4 Å². The zero-order valence-electron chi connectivity index (χ0n) is 14.4. The van der Waals surface area contributed by atoms with Crippen molar-refractivity contribution >= 4 is 17.9 Å². The summed E-state index contributed by atoms with van der Waals surface area (Å²) in [7, 11) is 2.67. The highest BCUT2D eigenvalue weighted by Gasteiger charge is 2.59. The van der Waals surface area contributed by atoms with Gasteiger partial charge in [-0.05, 0) is 38.5 Å². The first kappa shape index (κ1) is 17.2. The monoisotopic (exact) mass is 338 g/mol. The van der Waals surface area contributed by atoms with Crippen LogP contribution in [0.2, 0.25) is 0 Å². The molecule has 6 heteroatoms. The molecule has 2 bridgehead atoms.